The summed E-state index contributed by atoms with van der Waals surface area (Å²) in [4.78, 5) is 26.5. The number of likely N-dealkylation sites (tertiary alicyclic amines) is 1. The molecule has 1 atom stereocenters. The highest BCUT2D eigenvalue weighted by Gasteiger charge is 2.26. The van der Waals surface area contributed by atoms with Crippen LogP contribution in [0.25, 0.3) is 11.1 Å². The van der Waals surface area contributed by atoms with E-state index in [1.54, 1.807) is 24.3 Å². The van der Waals surface area contributed by atoms with Crippen LogP contribution in [0, 0.1) is 0 Å². The molecule has 142 valence electrons. The summed E-state index contributed by atoms with van der Waals surface area (Å²) in [5, 5.41) is 9.36. The van der Waals surface area contributed by atoms with E-state index in [4.69, 9.17) is 4.74 Å². The van der Waals surface area contributed by atoms with Crippen molar-refractivity contribution in [1.82, 2.24) is 4.90 Å². The average Bonchev–Trinajstić information content (AvgIpc) is 2.72. The summed E-state index contributed by atoms with van der Waals surface area (Å²) in [6.07, 6.45) is 4.11. The number of hydrogen-bond donors (Lipinski definition) is 1. The Morgan fingerprint density at radius 1 is 1.04 bits per heavy atom. The molecular formula is C22H25NO4. The van der Waals surface area contributed by atoms with Crippen LogP contribution in [0.15, 0.2) is 48.5 Å². The molecule has 2 aromatic carbocycles. The predicted molar refractivity (Wildman–Crippen MR) is 103 cm³/mol. The fourth-order valence-electron chi connectivity index (χ4n) is 3.50. The molecule has 2 aromatic rings. The molecule has 1 aliphatic rings. The fraction of sp³-hybridized carbons (Fsp3) is 0.364. The first-order chi connectivity index (χ1) is 13.1. The molecule has 5 nitrogen and oxygen atoms in total. The van der Waals surface area contributed by atoms with Crippen LogP contribution in [0.1, 0.15) is 43.0 Å². The lowest BCUT2D eigenvalue weighted by Gasteiger charge is -2.35. The highest BCUT2D eigenvalue weighted by atomic mass is 16.5. The molecule has 1 amide bonds. The van der Waals surface area contributed by atoms with Crippen molar-refractivity contribution in [3.05, 3.63) is 54.1 Å². The van der Waals surface area contributed by atoms with E-state index in [0.717, 1.165) is 43.4 Å². The van der Waals surface area contributed by atoms with Gasteiger partial charge in [0.1, 0.15) is 5.75 Å². The molecule has 1 heterocycles. The van der Waals surface area contributed by atoms with Gasteiger partial charge in [-0.25, -0.2) is 4.79 Å². The third-order valence-corrected chi connectivity index (χ3v) is 5.07. The maximum absolute atomic E-state index is 12.4. The third-order valence-electron chi connectivity index (χ3n) is 5.07. The van der Waals surface area contributed by atoms with E-state index in [0.29, 0.717) is 5.56 Å². The number of carbonyl (C=O) groups is 2. The lowest BCUT2D eigenvalue weighted by Crippen LogP contribution is -2.45. The smallest absolute Gasteiger partial charge is 0.338 e. The Labute approximate surface area is 159 Å². The van der Waals surface area contributed by atoms with Gasteiger partial charge in [0.25, 0.3) is 5.91 Å². The van der Waals surface area contributed by atoms with E-state index in [-0.39, 0.29) is 24.3 Å². The summed E-state index contributed by atoms with van der Waals surface area (Å²) in [7, 11) is 0. The van der Waals surface area contributed by atoms with Gasteiger partial charge in [-0.2, -0.15) is 0 Å². The van der Waals surface area contributed by atoms with Gasteiger partial charge in [0.2, 0.25) is 0 Å². The molecule has 3 rings (SSSR count). The van der Waals surface area contributed by atoms with Gasteiger partial charge in [-0.1, -0.05) is 31.2 Å². The van der Waals surface area contributed by atoms with Gasteiger partial charge in [0, 0.05) is 12.6 Å². The second-order valence-corrected chi connectivity index (χ2v) is 6.85. The summed E-state index contributed by atoms with van der Waals surface area (Å²) in [6, 6.07) is 14.1. The molecule has 1 fully saturated rings. The number of phenolic OH excluding ortho intramolecular Hbond substituents is 1. The maximum atomic E-state index is 12.4. The van der Waals surface area contributed by atoms with Crippen LogP contribution < -0.4 is 0 Å². The zero-order valence-electron chi connectivity index (χ0n) is 15.6. The zero-order valence-corrected chi connectivity index (χ0v) is 15.6. The number of esters is 1. The molecule has 0 aromatic heterocycles. The number of benzene rings is 2. The van der Waals surface area contributed by atoms with Crippen molar-refractivity contribution in [1.29, 1.82) is 0 Å². The number of nitrogens with zero attached hydrogens (tertiary/aromatic N) is 1. The van der Waals surface area contributed by atoms with Crippen molar-refractivity contribution < 1.29 is 19.4 Å². The summed E-state index contributed by atoms with van der Waals surface area (Å²) in [6.45, 7) is 2.61. The summed E-state index contributed by atoms with van der Waals surface area (Å²) in [5.74, 6) is -0.399. The Hall–Kier alpha value is -2.82. The molecule has 0 saturated carbocycles. The van der Waals surface area contributed by atoms with E-state index < -0.39 is 5.97 Å². The van der Waals surface area contributed by atoms with Crippen LogP contribution in [0.3, 0.4) is 0 Å². The average molecular weight is 367 g/mol. The van der Waals surface area contributed by atoms with Crippen molar-refractivity contribution in [2.24, 2.45) is 0 Å². The number of amides is 1. The largest absolute Gasteiger partial charge is 0.508 e. The van der Waals surface area contributed by atoms with Gasteiger partial charge >= 0.3 is 5.97 Å². The lowest BCUT2D eigenvalue weighted by molar-refractivity contribution is -0.138. The monoisotopic (exact) mass is 367 g/mol. The maximum Gasteiger partial charge on any atom is 0.338 e. The number of phenols is 1. The molecule has 1 unspecified atom stereocenters. The van der Waals surface area contributed by atoms with Gasteiger partial charge < -0.3 is 14.7 Å². The zero-order chi connectivity index (χ0) is 19.2. The van der Waals surface area contributed by atoms with Crippen molar-refractivity contribution >= 4 is 11.9 Å². The number of rotatable bonds is 5. The lowest BCUT2D eigenvalue weighted by atomic mass is 10.00. The second kappa shape index (κ2) is 8.71. The third kappa shape index (κ3) is 4.67. The van der Waals surface area contributed by atoms with Gasteiger partial charge in [-0.3, -0.25) is 4.79 Å². The van der Waals surface area contributed by atoms with Crippen molar-refractivity contribution in [2.45, 2.75) is 38.6 Å². The highest BCUT2D eigenvalue weighted by Crippen LogP contribution is 2.23. The van der Waals surface area contributed by atoms with Gasteiger partial charge in [0.05, 0.1) is 5.56 Å². The van der Waals surface area contributed by atoms with Gasteiger partial charge in [0.15, 0.2) is 6.61 Å². The Morgan fingerprint density at radius 3 is 2.30 bits per heavy atom. The first kappa shape index (κ1) is 19.0. The molecule has 1 saturated heterocycles. The van der Waals surface area contributed by atoms with Crippen LogP contribution >= 0.6 is 0 Å². The minimum atomic E-state index is -0.495. The topological polar surface area (TPSA) is 66.8 Å². The van der Waals surface area contributed by atoms with E-state index in [1.807, 2.05) is 29.2 Å². The fourth-order valence-corrected chi connectivity index (χ4v) is 3.50. The Balaban J connectivity index is 1.58. The second-order valence-electron chi connectivity index (χ2n) is 6.85. The number of ether oxygens (including phenoxy) is 1. The van der Waals surface area contributed by atoms with Crippen molar-refractivity contribution in [3.63, 3.8) is 0 Å². The first-order valence-electron chi connectivity index (χ1n) is 9.44. The quantitative estimate of drug-likeness (QED) is 0.811. The van der Waals surface area contributed by atoms with E-state index >= 15 is 0 Å². The standard InChI is InChI=1S/C22H25NO4/c1-2-19-5-3-4-14-23(19)21(25)15-27-22(26)18-8-6-16(7-9-18)17-10-12-20(24)13-11-17/h6-13,19,24H,2-5,14-15H2,1H3. The normalized spacial score (nSPS) is 16.8. The molecular weight excluding hydrogens is 342 g/mol. The first-order valence-corrected chi connectivity index (χ1v) is 9.44. The van der Waals surface area contributed by atoms with E-state index in [2.05, 4.69) is 6.92 Å². The van der Waals surface area contributed by atoms with Crippen LogP contribution in [0.5, 0.6) is 5.75 Å². The van der Waals surface area contributed by atoms with E-state index in [1.165, 1.54) is 0 Å². The Bertz CT molecular complexity index is 783. The molecule has 0 spiro atoms. The number of piperidine rings is 1. The number of carbonyl (C=O) groups excluding carboxylic acids is 2. The SMILES string of the molecule is CCC1CCCCN1C(=O)COC(=O)c1ccc(-c2ccc(O)cc2)cc1. The van der Waals surface area contributed by atoms with Crippen LogP contribution in [-0.4, -0.2) is 41.1 Å². The highest BCUT2D eigenvalue weighted by molar-refractivity contribution is 5.92. The Kier molecular flexibility index (Phi) is 6.12. The number of hydrogen-bond acceptors (Lipinski definition) is 4. The molecule has 0 bridgehead atoms. The van der Waals surface area contributed by atoms with Gasteiger partial charge in [-0.05, 0) is 61.1 Å². The minimum absolute atomic E-state index is 0.115. The Morgan fingerprint density at radius 2 is 1.67 bits per heavy atom. The van der Waals surface area contributed by atoms with E-state index in [9.17, 15) is 14.7 Å². The van der Waals surface area contributed by atoms with Crippen LogP contribution in [0.4, 0.5) is 0 Å². The van der Waals surface area contributed by atoms with Crippen LogP contribution in [0.2, 0.25) is 0 Å². The summed E-state index contributed by atoms with van der Waals surface area (Å²) >= 11 is 0. The molecule has 27 heavy (non-hydrogen) atoms. The predicted octanol–water partition coefficient (Wildman–Crippen LogP) is 4.01. The molecule has 5 heteroatoms. The number of aromatic hydroxyl groups is 1. The molecule has 0 radical (unpaired) electrons. The van der Waals surface area contributed by atoms with Crippen molar-refractivity contribution in [2.75, 3.05) is 13.2 Å². The summed E-state index contributed by atoms with van der Waals surface area (Å²) < 4.78 is 5.23. The molecule has 1 N–H and O–H groups in total. The van der Waals surface area contributed by atoms with Crippen molar-refractivity contribution in [3.8, 4) is 16.9 Å². The molecule has 0 aliphatic carbocycles. The van der Waals surface area contributed by atoms with Crippen LogP contribution in [-0.2, 0) is 9.53 Å². The minimum Gasteiger partial charge on any atom is -0.508 e. The molecule has 1 aliphatic heterocycles. The summed E-state index contributed by atoms with van der Waals surface area (Å²) in [5.41, 5.74) is 2.29. The van der Waals surface area contributed by atoms with Gasteiger partial charge in [-0.15, -0.1) is 0 Å².